The highest BCUT2D eigenvalue weighted by molar-refractivity contribution is 5.82. The van der Waals surface area contributed by atoms with Crippen LogP contribution in [0, 0.1) is 5.41 Å². The molecule has 27 heavy (non-hydrogen) atoms. The number of nitrogens with zero attached hydrogens (tertiary/aromatic N) is 1. The molecule has 1 aromatic carbocycles. The highest BCUT2D eigenvalue weighted by Crippen LogP contribution is 2.41. The molecule has 1 aromatic rings. The van der Waals surface area contributed by atoms with Crippen molar-refractivity contribution in [2.45, 2.75) is 31.8 Å². The number of methoxy groups -OCH3 is 3. The molecule has 0 aromatic heterocycles. The molecule has 2 N–H and O–H groups in total. The molecule has 2 aliphatic heterocycles. The summed E-state index contributed by atoms with van der Waals surface area (Å²) in [6.45, 7) is 3.52. The number of nitrogens with one attached hydrogen (secondary N) is 2. The van der Waals surface area contributed by atoms with Gasteiger partial charge in [0.2, 0.25) is 11.7 Å². The zero-order valence-electron chi connectivity index (χ0n) is 16.8. The van der Waals surface area contributed by atoms with Crippen LogP contribution in [0.5, 0.6) is 17.2 Å². The van der Waals surface area contributed by atoms with Crippen LogP contribution in [0.2, 0.25) is 0 Å². The van der Waals surface area contributed by atoms with E-state index < -0.39 is 0 Å². The van der Waals surface area contributed by atoms with Crippen LogP contribution in [0.15, 0.2) is 12.1 Å². The fourth-order valence-corrected chi connectivity index (χ4v) is 4.43. The van der Waals surface area contributed by atoms with Crippen LogP contribution in [-0.2, 0) is 11.3 Å². The third kappa shape index (κ3) is 4.14. The molecule has 0 bridgehead atoms. The van der Waals surface area contributed by atoms with Gasteiger partial charge in [-0.25, -0.2) is 0 Å². The van der Waals surface area contributed by atoms with Gasteiger partial charge in [0, 0.05) is 13.1 Å². The van der Waals surface area contributed by atoms with E-state index in [0.29, 0.717) is 23.8 Å². The number of ether oxygens (including phenoxy) is 3. The van der Waals surface area contributed by atoms with Crippen molar-refractivity contribution >= 4 is 5.91 Å². The molecule has 1 atom stereocenters. The smallest absolute Gasteiger partial charge is 0.237 e. The average Bonchev–Trinajstić information content (AvgIpc) is 3.01. The molecule has 7 nitrogen and oxygen atoms in total. The van der Waals surface area contributed by atoms with E-state index >= 15 is 0 Å². The molecule has 3 rings (SSSR count). The third-order valence-electron chi connectivity index (χ3n) is 5.90. The average molecular weight is 377 g/mol. The van der Waals surface area contributed by atoms with E-state index in [9.17, 15) is 4.79 Å². The number of piperidine rings is 1. The molecule has 150 valence electrons. The quantitative estimate of drug-likeness (QED) is 0.781. The standard InChI is InChI=1S/C20H31N3O4/c1-23-13-20(5-7-21-8-6-20)11-15(23)19(24)22-12-14-9-16(25-2)18(27-4)17(10-14)26-3/h9-10,15,21H,5-8,11-13H2,1-4H3,(H,22,24)/t15-/m0/s1. The van der Waals surface area contributed by atoms with Gasteiger partial charge in [-0.1, -0.05) is 0 Å². The van der Waals surface area contributed by atoms with Crippen molar-refractivity contribution in [3.05, 3.63) is 17.7 Å². The first-order valence-corrected chi connectivity index (χ1v) is 9.49. The Hall–Kier alpha value is -1.99. The molecule has 0 aliphatic carbocycles. The first-order chi connectivity index (χ1) is 13.0. The van der Waals surface area contributed by atoms with Gasteiger partial charge in [-0.3, -0.25) is 9.69 Å². The zero-order chi connectivity index (χ0) is 19.4. The lowest BCUT2D eigenvalue weighted by molar-refractivity contribution is -0.125. The van der Waals surface area contributed by atoms with Gasteiger partial charge in [0.15, 0.2) is 11.5 Å². The predicted octanol–water partition coefficient (Wildman–Crippen LogP) is 1.40. The van der Waals surface area contributed by atoms with Crippen molar-refractivity contribution in [2.75, 3.05) is 48.0 Å². The summed E-state index contributed by atoms with van der Waals surface area (Å²) in [5.41, 5.74) is 1.20. The van der Waals surface area contributed by atoms with E-state index in [1.165, 1.54) is 0 Å². The Kier molecular flexibility index (Phi) is 6.11. The fourth-order valence-electron chi connectivity index (χ4n) is 4.43. The Labute approximate surface area is 161 Å². The van der Waals surface area contributed by atoms with Crippen molar-refractivity contribution in [2.24, 2.45) is 5.41 Å². The number of rotatable bonds is 6. The van der Waals surface area contributed by atoms with E-state index in [-0.39, 0.29) is 17.4 Å². The van der Waals surface area contributed by atoms with Crippen molar-refractivity contribution in [1.82, 2.24) is 15.5 Å². The van der Waals surface area contributed by atoms with Gasteiger partial charge in [-0.2, -0.15) is 0 Å². The highest BCUT2D eigenvalue weighted by atomic mass is 16.5. The Morgan fingerprint density at radius 1 is 1.19 bits per heavy atom. The van der Waals surface area contributed by atoms with Gasteiger partial charge in [-0.15, -0.1) is 0 Å². The van der Waals surface area contributed by atoms with Crippen molar-refractivity contribution in [1.29, 1.82) is 0 Å². The predicted molar refractivity (Wildman–Crippen MR) is 104 cm³/mol. The van der Waals surface area contributed by atoms with Crippen LogP contribution in [0.3, 0.4) is 0 Å². The van der Waals surface area contributed by atoms with E-state index in [4.69, 9.17) is 14.2 Å². The minimum atomic E-state index is -0.0647. The van der Waals surface area contributed by atoms with Crippen LogP contribution in [0.4, 0.5) is 0 Å². The zero-order valence-corrected chi connectivity index (χ0v) is 16.8. The molecule has 1 spiro atoms. The van der Waals surface area contributed by atoms with Gasteiger partial charge in [0.1, 0.15) is 0 Å². The molecule has 0 radical (unpaired) electrons. The second kappa shape index (κ2) is 8.35. The normalized spacial score (nSPS) is 21.9. The molecule has 0 unspecified atom stereocenters. The minimum absolute atomic E-state index is 0.0647. The maximum absolute atomic E-state index is 12.8. The first-order valence-electron chi connectivity index (χ1n) is 9.49. The van der Waals surface area contributed by atoms with Crippen LogP contribution in [0.25, 0.3) is 0 Å². The van der Waals surface area contributed by atoms with Gasteiger partial charge in [0.25, 0.3) is 0 Å². The summed E-state index contributed by atoms with van der Waals surface area (Å²) < 4.78 is 16.1. The third-order valence-corrected chi connectivity index (χ3v) is 5.90. The van der Waals surface area contributed by atoms with E-state index in [2.05, 4.69) is 22.6 Å². The highest BCUT2D eigenvalue weighted by Gasteiger charge is 2.45. The molecular weight excluding hydrogens is 346 g/mol. The summed E-state index contributed by atoms with van der Waals surface area (Å²) in [5.74, 6) is 1.82. The first kappa shape index (κ1) is 19.8. The number of amides is 1. The summed E-state index contributed by atoms with van der Waals surface area (Å²) >= 11 is 0. The van der Waals surface area contributed by atoms with Gasteiger partial charge in [-0.05, 0) is 62.5 Å². The topological polar surface area (TPSA) is 72.1 Å². The Morgan fingerprint density at radius 3 is 2.37 bits per heavy atom. The summed E-state index contributed by atoms with van der Waals surface area (Å²) in [4.78, 5) is 15.0. The lowest BCUT2D eigenvalue weighted by Crippen LogP contribution is -2.41. The molecule has 2 heterocycles. The summed E-state index contributed by atoms with van der Waals surface area (Å²) in [5, 5.41) is 6.50. The summed E-state index contributed by atoms with van der Waals surface area (Å²) in [6.07, 6.45) is 3.23. The van der Waals surface area contributed by atoms with E-state index in [1.807, 2.05) is 12.1 Å². The summed E-state index contributed by atoms with van der Waals surface area (Å²) in [6, 6.07) is 3.67. The Bertz CT molecular complexity index is 648. The van der Waals surface area contributed by atoms with Gasteiger partial charge >= 0.3 is 0 Å². The maximum Gasteiger partial charge on any atom is 0.237 e. The molecule has 1 amide bonds. The fraction of sp³-hybridized carbons (Fsp3) is 0.650. The van der Waals surface area contributed by atoms with Crippen molar-refractivity contribution < 1.29 is 19.0 Å². The number of hydrogen-bond donors (Lipinski definition) is 2. The molecule has 2 fully saturated rings. The number of likely N-dealkylation sites (N-methyl/N-ethyl adjacent to an activating group) is 1. The monoisotopic (exact) mass is 377 g/mol. The second-order valence-electron chi connectivity index (χ2n) is 7.64. The molecule has 2 aliphatic rings. The number of likely N-dealkylation sites (tertiary alicyclic amines) is 1. The molecular formula is C20H31N3O4. The number of carbonyl (C=O) groups excluding carboxylic acids is 1. The number of benzene rings is 1. The SMILES string of the molecule is COc1cc(CNC(=O)[C@@H]2CC3(CCNCC3)CN2C)cc(OC)c1OC. The van der Waals surface area contributed by atoms with Crippen LogP contribution in [-0.4, -0.2) is 64.9 Å². The number of carbonyl (C=O) groups is 1. The lowest BCUT2D eigenvalue weighted by Gasteiger charge is -2.33. The van der Waals surface area contributed by atoms with Gasteiger partial charge in [0.05, 0.1) is 27.4 Å². The number of hydrogen-bond acceptors (Lipinski definition) is 6. The van der Waals surface area contributed by atoms with Crippen LogP contribution in [0.1, 0.15) is 24.8 Å². The van der Waals surface area contributed by atoms with E-state index in [0.717, 1.165) is 44.5 Å². The minimum Gasteiger partial charge on any atom is -0.493 e. The van der Waals surface area contributed by atoms with Gasteiger partial charge < -0.3 is 24.8 Å². The van der Waals surface area contributed by atoms with Crippen molar-refractivity contribution in [3.63, 3.8) is 0 Å². The molecule has 7 heteroatoms. The largest absolute Gasteiger partial charge is 0.493 e. The Balaban J connectivity index is 1.65. The van der Waals surface area contributed by atoms with Crippen LogP contribution < -0.4 is 24.8 Å². The second-order valence-corrected chi connectivity index (χ2v) is 7.64. The Morgan fingerprint density at radius 2 is 1.81 bits per heavy atom. The van der Waals surface area contributed by atoms with E-state index in [1.54, 1.807) is 21.3 Å². The van der Waals surface area contributed by atoms with Crippen LogP contribution >= 0.6 is 0 Å². The van der Waals surface area contributed by atoms with Crippen molar-refractivity contribution in [3.8, 4) is 17.2 Å². The maximum atomic E-state index is 12.8. The lowest BCUT2D eigenvalue weighted by atomic mass is 9.77. The molecule has 2 saturated heterocycles. The summed E-state index contributed by atoms with van der Waals surface area (Å²) in [7, 11) is 6.81. The molecule has 0 saturated carbocycles.